The zero-order valence-electron chi connectivity index (χ0n) is 14.5. The maximum absolute atomic E-state index is 12.5. The maximum atomic E-state index is 12.5. The average Bonchev–Trinajstić information content (AvgIpc) is 3.06. The maximum Gasteiger partial charge on any atom is 0.251 e. The van der Waals surface area contributed by atoms with Crippen LogP contribution in [0, 0.1) is 6.92 Å². The molecule has 0 radical (unpaired) electrons. The Balaban J connectivity index is 1.59. The number of aryl methyl sites for hydroxylation is 1. The predicted molar refractivity (Wildman–Crippen MR) is 110 cm³/mol. The van der Waals surface area contributed by atoms with Crippen LogP contribution in [0.15, 0.2) is 58.8 Å². The third-order valence-electron chi connectivity index (χ3n) is 3.89. The summed E-state index contributed by atoms with van der Waals surface area (Å²) in [4.78, 5) is 18.0. The molecular formula is C20H19ClN2OS2. The highest BCUT2D eigenvalue weighted by Crippen LogP contribution is 2.25. The molecule has 134 valence electrons. The van der Waals surface area contributed by atoms with Crippen LogP contribution < -0.4 is 5.32 Å². The zero-order valence-corrected chi connectivity index (χ0v) is 16.9. The number of thioether (sulfide) groups is 1. The minimum Gasteiger partial charge on any atom is -0.345 e. The summed E-state index contributed by atoms with van der Waals surface area (Å²) in [6.07, 6.45) is 0. The second-order valence-corrected chi connectivity index (χ2v) is 8.41. The highest BCUT2D eigenvalue weighted by atomic mass is 35.5. The Morgan fingerprint density at radius 3 is 2.62 bits per heavy atom. The molecule has 0 saturated carbocycles. The molecular weight excluding hydrogens is 384 g/mol. The van der Waals surface area contributed by atoms with Gasteiger partial charge >= 0.3 is 0 Å². The van der Waals surface area contributed by atoms with Gasteiger partial charge in [0.25, 0.3) is 5.91 Å². The number of thiazole rings is 1. The molecule has 0 aliphatic carbocycles. The standard InChI is InChI=1S/C20H19ClN2OS2/c1-13(18-5-3-4-6-19(18)21)22-20(24)15-7-9-17(10-8-15)26-12-16-11-25-14(2)23-16/h3-11,13H,12H2,1-2H3,(H,22,24). The second-order valence-electron chi connectivity index (χ2n) is 5.89. The highest BCUT2D eigenvalue weighted by Gasteiger charge is 2.13. The minimum absolute atomic E-state index is 0.107. The van der Waals surface area contributed by atoms with E-state index >= 15 is 0 Å². The number of hydrogen-bond acceptors (Lipinski definition) is 4. The van der Waals surface area contributed by atoms with Crippen LogP contribution in [0.4, 0.5) is 0 Å². The van der Waals surface area contributed by atoms with E-state index in [1.807, 2.05) is 62.4 Å². The van der Waals surface area contributed by atoms with Crippen LogP contribution in [0.25, 0.3) is 0 Å². The number of halogens is 1. The summed E-state index contributed by atoms with van der Waals surface area (Å²) < 4.78 is 0. The number of rotatable bonds is 6. The fourth-order valence-electron chi connectivity index (χ4n) is 2.52. The van der Waals surface area contributed by atoms with E-state index in [0.717, 1.165) is 26.9 Å². The van der Waals surface area contributed by atoms with Crippen LogP contribution in [0.2, 0.25) is 5.02 Å². The molecule has 3 aromatic rings. The first-order valence-electron chi connectivity index (χ1n) is 8.22. The van der Waals surface area contributed by atoms with E-state index in [-0.39, 0.29) is 11.9 Å². The molecule has 1 unspecified atom stereocenters. The van der Waals surface area contributed by atoms with Crippen LogP contribution >= 0.6 is 34.7 Å². The molecule has 0 aliphatic rings. The van der Waals surface area contributed by atoms with Gasteiger partial charge in [0.1, 0.15) is 0 Å². The fourth-order valence-corrected chi connectivity index (χ4v) is 4.33. The lowest BCUT2D eigenvalue weighted by atomic mass is 10.1. The third kappa shape index (κ3) is 4.87. The molecule has 0 bridgehead atoms. The van der Waals surface area contributed by atoms with Gasteiger partial charge in [-0.3, -0.25) is 4.79 Å². The van der Waals surface area contributed by atoms with Crippen LogP contribution in [-0.2, 0) is 5.75 Å². The van der Waals surface area contributed by atoms with Gasteiger partial charge in [0, 0.05) is 26.6 Å². The number of benzene rings is 2. The normalized spacial score (nSPS) is 12.0. The Morgan fingerprint density at radius 2 is 1.96 bits per heavy atom. The van der Waals surface area contributed by atoms with Crippen LogP contribution in [0.3, 0.4) is 0 Å². The van der Waals surface area contributed by atoms with Gasteiger partial charge in [-0.05, 0) is 49.7 Å². The lowest BCUT2D eigenvalue weighted by Crippen LogP contribution is -2.26. The molecule has 0 saturated heterocycles. The van der Waals surface area contributed by atoms with Gasteiger partial charge in [0.05, 0.1) is 16.7 Å². The van der Waals surface area contributed by atoms with Crippen molar-refractivity contribution in [3.05, 3.63) is 80.8 Å². The van der Waals surface area contributed by atoms with Crippen molar-refractivity contribution in [2.75, 3.05) is 0 Å². The summed E-state index contributed by atoms with van der Waals surface area (Å²) in [7, 11) is 0. The molecule has 26 heavy (non-hydrogen) atoms. The molecule has 0 fully saturated rings. The van der Waals surface area contributed by atoms with Gasteiger partial charge in [-0.1, -0.05) is 29.8 Å². The quantitative estimate of drug-likeness (QED) is 0.523. The van der Waals surface area contributed by atoms with E-state index in [9.17, 15) is 4.79 Å². The number of nitrogens with zero attached hydrogens (tertiary/aromatic N) is 1. The van der Waals surface area contributed by atoms with Crippen molar-refractivity contribution in [1.29, 1.82) is 0 Å². The summed E-state index contributed by atoms with van der Waals surface area (Å²) >= 11 is 9.58. The molecule has 3 nitrogen and oxygen atoms in total. The zero-order chi connectivity index (χ0) is 18.5. The Kier molecular flexibility index (Phi) is 6.35. The average molecular weight is 403 g/mol. The van der Waals surface area contributed by atoms with Crippen LogP contribution in [0.5, 0.6) is 0 Å². The van der Waals surface area contributed by atoms with E-state index < -0.39 is 0 Å². The summed E-state index contributed by atoms with van der Waals surface area (Å²) in [6, 6.07) is 15.0. The van der Waals surface area contributed by atoms with E-state index in [2.05, 4.69) is 15.7 Å². The van der Waals surface area contributed by atoms with Crippen molar-refractivity contribution >= 4 is 40.6 Å². The molecule has 1 aromatic heterocycles. The largest absolute Gasteiger partial charge is 0.345 e. The van der Waals surface area contributed by atoms with Crippen molar-refractivity contribution in [3.63, 3.8) is 0 Å². The predicted octanol–water partition coefficient (Wildman–Crippen LogP) is 5.89. The summed E-state index contributed by atoms with van der Waals surface area (Å²) in [6.45, 7) is 3.94. The van der Waals surface area contributed by atoms with Crippen molar-refractivity contribution in [3.8, 4) is 0 Å². The molecule has 3 rings (SSSR count). The van der Waals surface area contributed by atoms with Crippen LogP contribution in [-0.4, -0.2) is 10.9 Å². The van der Waals surface area contributed by atoms with E-state index in [0.29, 0.717) is 10.6 Å². The second kappa shape index (κ2) is 8.71. The lowest BCUT2D eigenvalue weighted by Gasteiger charge is -2.15. The van der Waals surface area contributed by atoms with E-state index in [4.69, 9.17) is 11.6 Å². The SMILES string of the molecule is Cc1nc(CSc2ccc(C(=O)NC(C)c3ccccc3Cl)cc2)cs1. The summed E-state index contributed by atoms with van der Waals surface area (Å²) in [5.41, 5.74) is 2.64. The lowest BCUT2D eigenvalue weighted by molar-refractivity contribution is 0.0940. The number of nitrogens with one attached hydrogen (secondary N) is 1. The Morgan fingerprint density at radius 1 is 1.23 bits per heavy atom. The van der Waals surface area contributed by atoms with E-state index in [1.54, 1.807) is 23.1 Å². The van der Waals surface area contributed by atoms with Gasteiger partial charge in [-0.2, -0.15) is 0 Å². The molecule has 1 heterocycles. The number of amides is 1. The number of carbonyl (C=O) groups excluding carboxylic acids is 1. The molecule has 1 N–H and O–H groups in total. The minimum atomic E-state index is -0.154. The molecule has 0 aliphatic heterocycles. The van der Waals surface area contributed by atoms with Gasteiger partial charge in [0.2, 0.25) is 0 Å². The van der Waals surface area contributed by atoms with E-state index in [1.165, 1.54) is 0 Å². The Labute approximate surface area is 166 Å². The molecule has 2 aromatic carbocycles. The highest BCUT2D eigenvalue weighted by molar-refractivity contribution is 7.98. The summed E-state index contributed by atoms with van der Waals surface area (Å²) in [5, 5.41) is 6.82. The van der Waals surface area contributed by atoms with Gasteiger partial charge in [-0.15, -0.1) is 23.1 Å². The molecule has 1 atom stereocenters. The van der Waals surface area contributed by atoms with Gasteiger partial charge < -0.3 is 5.32 Å². The third-order valence-corrected chi connectivity index (χ3v) is 6.10. The van der Waals surface area contributed by atoms with Gasteiger partial charge in [0.15, 0.2) is 0 Å². The smallest absolute Gasteiger partial charge is 0.251 e. The number of hydrogen-bond donors (Lipinski definition) is 1. The molecule has 6 heteroatoms. The molecule has 1 amide bonds. The number of carbonyl (C=O) groups is 1. The topological polar surface area (TPSA) is 42.0 Å². The van der Waals surface area contributed by atoms with Crippen molar-refractivity contribution in [2.24, 2.45) is 0 Å². The Bertz CT molecular complexity index is 893. The van der Waals surface area contributed by atoms with Crippen LogP contribution in [0.1, 0.15) is 39.6 Å². The van der Waals surface area contributed by atoms with Gasteiger partial charge in [-0.25, -0.2) is 4.98 Å². The summed E-state index contributed by atoms with van der Waals surface area (Å²) in [5.74, 6) is 0.725. The van der Waals surface area contributed by atoms with Crippen molar-refractivity contribution in [1.82, 2.24) is 10.3 Å². The fraction of sp³-hybridized carbons (Fsp3) is 0.200. The number of aromatic nitrogens is 1. The Hall–Kier alpha value is -1.82. The first-order valence-corrected chi connectivity index (χ1v) is 10.5. The first kappa shape index (κ1) is 19.0. The monoisotopic (exact) mass is 402 g/mol. The van der Waals surface area contributed by atoms with Crippen molar-refractivity contribution in [2.45, 2.75) is 30.5 Å². The van der Waals surface area contributed by atoms with Crippen molar-refractivity contribution < 1.29 is 4.79 Å². The molecule has 0 spiro atoms. The first-order chi connectivity index (χ1) is 12.5.